The number of benzene rings is 1. The van der Waals surface area contributed by atoms with Gasteiger partial charge < -0.3 is 15.7 Å². The minimum Gasteiger partial charge on any atom is -0.391 e. The fourth-order valence-corrected chi connectivity index (χ4v) is 2.06. The molecule has 1 aromatic rings. The Balaban J connectivity index is 2.03. The van der Waals surface area contributed by atoms with Gasteiger partial charge in [-0.3, -0.25) is 14.9 Å². The Bertz CT molecular complexity index is 537. The SMILES string of the molecule is O=C(NCC1CNCC1O)c1cc(F)cc([N+](=O)[O-])c1. The summed E-state index contributed by atoms with van der Waals surface area (Å²) in [6, 6.07) is 2.70. The maximum atomic E-state index is 13.2. The van der Waals surface area contributed by atoms with Crippen LogP contribution in [-0.2, 0) is 0 Å². The summed E-state index contributed by atoms with van der Waals surface area (Å²) in [7, 11) is 0. The van der Waals surface area contributed by atoms with Crippen molar-refractivity contribution in [3.63, 3.8) is 0 Å². The fourth-order valence-electron chi connectivity index (χ4n) is 2.06. The molecule has 2 atom stereocenters. The molecule has 7 nitrogen and oxygen atoms in total. The van der Waals surface area contributed by atoms with Crippen molar-refractivity contribution in [1.29, 1.82) is 0 Å². The van der Waals surface area contributed by atoms with Crippen LogP contribution in [0, 0.1) is 21.8 Å². The highest BCUT2D eigenvalue weighted by Gasteiger charge is 2.25. The predicted molar refractivity (Wildman–Crippen MR) is 67.8 cm³/mol. The van der Waals surface area contributed by atoms with Crippen LogP contribution in [0.15, 0.2) is 18.2 Å². The predicted octanol–water partition coefficient (Wildman–Crippen LogP) is 0.0440. The van der Waals surface area contributed by atoms with Crippen LogP contribution in [0.3, 0.4) is 0 Å². The van der Waals surface area contributed by atoms with E-state index in [1.807, 2.05) is 0 Å². The van der Waals surface area contributed by atoms with E-state index in [-0.39, 0.29) is 18.0 Å². The van der Waals surface area contributed by atoms with Gasteiger partial charge in [-0.1, -0.05) is 0 Å². The smallest absolute Gasteiger partial charge is 0.273 e. The second kappa shape index (κ2) is 5.93. The van der Waals surface area contributed by atoms with Crippen molar-refractivity contribution < 1.29 is 19.2 Å². The maximum Gasteiger partial charge on any atom is 0.273 e. The molecule has 2 unspecified atom stereocenters. The van der Waals surface area contributed by atoms with Crippen LogP contribution in [0.1, 0.15) is 10.4 Å². The first-order chi connectivity index (χ1) is 9.47. The molecule has 3 N–H and O–H groups in total. The summed E-state index contributed by atoms with van der Waals surface area (Å²) in [5, 5.41) is 25.7. The molecule has 1 aliphatic rings. The van der Waals surface area contributed by atoms with Crippen molar-refractivity contribution in [2.24, 2.45) is 5.92 Å². The number of nitrogens with one attached hydrogen (secondary N) is 2. The first kappa shape index (κ1) is 14.4. The summed E-state index contributed by atoms with van der Waals surface area (Å²) in [5.74, 6) is -1.57. The van der Waals surface area contributed by atoms with Crippen molar-refractivity contribution in [2.75, 3.05) is 19.6 Å². The number of carbonyl (C=O) groups excluding carboxylic acids is 1. The van der Waals surface area contributed by atoms with E-state index in [0.29, 0.717) is 13.1 Å². The zero-order valence-corrected chi connectivity index (χ0v) is 10.5. The lowest BCUT2D eigenvalue weighted by atomic mass is 10.1. The highest BCUT2D eigenvalue weighted by molar-refractivity contribution is 5.94. The summed E-state index contributed by atoms with van der Waals surface area (Å²) in [4.78, 5) is 21.7. The van der Waals surface area contributed by atoms with Crippen LogP contribution >= 0.6 is 0 Å². The lowest BCUT2D eigenvalue weighted by Crippen LogP contribution is -2.34. The number of nitro groups is 1. The van der Waals surface area contributed by atoms with E-state index in [1.165, 1.54) is 0 Å². The van der Waals surface area contributed by atoms with E-state index < -0.39 is 28.4 Å². The number of nitrogens with zero attached hydrogens (tertiary/aromatic N) is 1. The van der Waals surface area contributed by atoms with E-state index in [9.17, 15) is 24.4 Å². The fraction of sp³-hybridized carbons (Fsp3) is 0.417. The Morgan fingerprint density at radius 2 is 2.25 bits per heavy atom. The van der Waals surface area contributed by atoms with Crippen molar-refractivity contribution in [3.8, 4) is 0 Å². The van der Waals surface area contributed by atoms with Gasteiger partial charge in [-0.2, -0.15) is 0 Å². The van der Waals surface area contributed by atoms with E-state index in [4.69, 9.17) is 0 Å². The molecular formula is C12H14FN3O4. The molecule has 1 fully saturated rings. The monoisotopic (exact) mass is 283 g/mol. The van der Waals surface area contributed by atoms with Crippen molar-refractivity contribution in [3.05, 3.63) is 39.7 Å². The molecule has 0 radical (unpaired) electrons. The molecule has 0 spiro atoms. The largest absolute Gasteiger partial charge is 0.391 e. The minimum absolute atomic E-state index is 0.114. The molecule has 1 aliphatic heterocycles. The van der Waals surface area contributed by atoms with Gasteiger partial charge in [0.15, 0.2) is 0 Å². The van der Waals surface area contributed by atoms with E-state index in [1.54, 1.807) is 0 Å². The minimum atomic E-state index is -0.841. The number of β-amino-alcohol motifs (C(OH)–C–C–N with tert-alkyl or cyclic N) is 1. The van der Waals surface area contributed by atoms with Gasteiger partial charge in [-0.05, 0) is 6.07 Å². The maximum absolute atomic E-state index is 13.2. The first-order valence-electron chi connectivity index (χ1n) is 6.09. The number of aliphatic hydroxyl groups is 1. The third-order valence-corrected chi connectivity index (χ3v) is 3.18. The van der Waals surface area contributed by atoms with Crippen molar-refractivity contribution in [2.45, 2.75) is 6.10 Å². The standard InChI is InChI=1S/C12H14FN3O4/c13-9-1-7(2-10(3-9)16(19)20)12(18)15-5-8-4-14-6-11(8)17/h1-3,8,11,14,17H,4-6H2,(H,15,18). The molecule has 20 heavy (non-hydrogen) atoms. The summed E-state index contributed by atoms with van der Waals surface area (Å²) in [6.45, 7) is 1.26. The highest BCUT2D eigenvalue weighted by atomic mass is 19.1. The van der Waals surface area contributed by atoms with Crippen LogP contribution in [0.5, 0.6) is 0 Å². The third kappa shape index (κ3) is 3.28. The molecule has 8 heteroatoms. The molecular weight excluding hydrogens is 269 g/mol. The molecule has 1 heterocycles. The van der Waals surface area contributed by atoms with Gasteiger partial charge >= 0.3 is 0 Å². The number of hydrogen-bond donors (Lipinski definition) is 3. The Hall–Kier alpha value is -2.06. The Morgan fingerprint density at radius 1 is 1.50 bits per heavy atom. The molecule has 0 aromatic heterocycles. The third-order valence-electron chi connectivity index (χ3n) is 3.18. The number of amides is 1. The molecule has 0 bridgehead atoms. The average Bonchev–Trinajstić information content (AvgIpc) is 2.80. The van der Waals surface area contributed by atoms with Crippen molar-refractivity contribution in [1.82, 2.24) is 10.6 Å². The summed E-state index contributed by atoms with van der Waals surface area (Å²) >= 11 is 0. The van der Waals surface area contributed by atoms with Crippen LogP contribution in [-0.4, -0.2) is 41.7 Å². The first-order valence-corrected chi connectivity index (χ1v) is 6.09. The lowest BCUT2D eigenvalue weighted by molar-refractivity contribution is -0.385. The average molecular weight is 283 g/mol. The van der Waals surface area contributed by atoms with Gasteiger partial charge in [-0.25, -0.2) is 4.39 Å². The quantitative estimate of drug-likeness (QED) is 0.535. The Labute approximate surface area is 113 Å². The number of hydrogen-bond acceptors (Lipinski definition) is 5. The molecule has 2 rings (SSSR count). The molecule has 0 saturated carbocycles. The lowest BCUT2D eigenvalue weighted by Gasteiger charge is -2.14. The van der Waals surface area contributed by atoms with Crippen LogP contribution in [0.4, 0.5) is 10.1 Å². The van der Waals surface area contributed by atoms with Gasteiger partial charge in [0, 0.05) is 37.2 Å². The Kier molecular flexibility index (Phi) is 4.26. The number of non-ortho nitro benzene ring substituents is 1. The number of aliphatic hydroxyl groups excluding tert-OH is 1. The number of halogens is 1. The van der Waals surface area contributed by atoms with E-state index in [2.05, 4.69) is 10.6 Å². The summed E-state index contributed by atoms with van der Waals surface area (Å²) < 4.78 is 13.2. The second-order valence-corrected chi connectivity index (χ2v) is 4.65. The number of carbonyl (C=O) groups is 1. The number of rotatable bonds is 4. The second-order valence-electron chi connectivity index (χ2n) is 4.65. The van der Waals surface area contributed by atoms with Crippen molar-refractivity contribution >= 4 is 11.6 Å². The molecule has 0 aliphatic carbocycles. The Morgan fingerprint density at radius 3 is 2.85 bits per heavy atom. The van der Waals surface area contributed by atoms with Gasteiger partial charge in [0.2, 0.25) is 0 Å². The highest BCUT2D eigenvalue weighted by Crippen LogP contribution is 2.16. The molecule has 1 amide bonds. The van der Waals surface area contributed by atoms with Gasteiger partial charge in [0.1, 0.15) is 5.82 Å². The molecule has 1 saturated heterocycles. The van der Waals surface area contributed by atoms with E-state index in [0.717, 1.165) is 18.2 Å². The topological polar surface area (TPSA) is 104 Å². The number of nitro benzene ring substituents is 1. The molecule has 1 aromatic carbocycles. The van der Waals surface area contributed by atoms with Crippen LogP contribution in [0.25, 0.3) is 0 Å². The van der Waals surface area contributed by atoms with E-state index >= 15 is 0 Å². The van der Waals surface area contributed by atoms with Gasteiger partial charge in [0.25, 0.3) is 11.6 Å². The zero-order chi connectivity index (χ0) is 14.7. The van der Waals surface area contributed by atoms with Crippen LogP contribution in [0.2, 0.25) is 0 Å². The normalized spacial score (nSPS) is 21.7. The molecule has 108 valence electrons. The van der Waals surface area contributed by atoms with Crippen LogP contribution < -0.4 is 10.6 Å². The van der Waals surface area contributed by atoms with Gasteiger partial charge in [0.05, 0.1) is 17.1 Å². The zero-order valence-electron chi connectivity index (χ0n) is 10.5. The summed E-state index contributed by atoms with van der Waals surface area (Å²) in [6.07, 6.45) is -0.544. The summed E-state index contributed by atoms with van der Waals surface area (Å²) in [5.41, 5.74) is -0.588. The van der Waals surface area contributed by atoms with Gasteiger partial charge in [-0.15, -0.1) is 0 Å².